The summed E-state index contributed by atoms with van der Waals surface area (Å²) in [4.78, 5) is 0. The lowest BCUT2D eigenvalue weighted by atomic mass is 10.4. The molecule has 0 saturated carbocycles. The lowest BCUT2D eigenvalue weighted by Crippen LogP contribution is -2.25. The summed E-state index contributed by atoms with van der Waals surface area (Å²) in [6.45, 7) is 2.35. The van der Waals surface area contributed by atoms with Crippen molar-refractivity contribution in [3.8, 4) is 0 Å². The second-order valence-electron chi connectivity index (χ2n) is 1.11. The first-order valence-corrected chi connectivity index (χ1v) is 1.63. The van der Waals surface area contributed by atoms with Crippen LogP contribution < -0.4 is 11.5 Å². The van der Waals surface area contributed by atoms with Crippen molar-refractivity contribution in [1.82, 2.24) is 0 Å². The first-order chi connectivity index (χ1) is 3.31. The Morgan fingerprint density at radius 3 is 3.20 bits per heavy atom. The van der Waals surface area contributed by atoms with Crippen LogP contribution in [-0.4, -0.2) is 12.6 Å². The molecule has 0 saturated heterocycles. The maximum Gasteiger partial charge on any atom is 0.119 e. The third-order valence-corrected chi connectivity index (χ3v) is 0.306. The standard InChI is InChI=1S/C3H10N2/c1-3(5)2-4/h3H,2,4-5H2,1H3/i/hT2. The van der Waals surface area contributed by atoms with Crippen LogP contribution in [0.5, 0.6) is 0 Å². The van der Waals surface area contributed by atoms with Crippen molar-refractivity contribution >= 4 is 0 Å². The average Bonchev–Trinajstić information content (AvgIpc) is 1.68. The van der Waals surface area contributed by atoms with Gasteiger partial charge in [-0.3, -0.25) is 0 Å². The third-order valence-electron chi connectivity index (χ3n) is 0.306. The average molecular weight is 78.1 g/mol. The highest BCUT2D eigenvalue weighted by atomic mass is 14.7. The zero-order valence-corrected chi connectivity index (χ0v) is 3.28. The summed E-state index contributed by atoms with van der Waals surface area (Å²) in [6, 6.07) is 0.0671. The van der Waals surface area contributed by atoms with Gasteiger partial charge in [-0.2, -0.15) is 0 Å². The second kappa shape index (κ2) is 2.18. The third kappa shape index (κ3) is 3.92. The molecule has 4 N–H and O–H groups in total. The maximum absolute atomic E-state index is 6.54. The molecule has 32 valence electrons. The Bertz CT molecular complexity index is 41.9. The van der Waals surface area contributed by atoms with Crippen LogP contribution in [0.1, 0.15) is 6.92 Å². The van der Waals surface area contributed by atoms with E-state index < -0.39 is 0 Å². The molecule has 2 heteroatoms. The summed E-state index contributed by atoms with van der Waals surface area (Å²) in [5, 5.41) is 0. The van der Waals surface area contributed by atoms with Gasteiger partial charge in [-0.05, 0) is 6.92 Å². The Morgan fingerprint density at radius 1 is 2.20 bits per heavy atom. The first kappa shape index (κ1) is 2.16. The van der Waals surface area contributed by atoms with Crippen LogP contribution in [0.25, 0.3) is 0 Å². The van der Waals surface area contributed by atoms with E-state index >= 15 is 0 Å². The number of nitrogens with two attached hydrogens (primary N) is 2. The quantitative estimate of drug-likeness (QED) is 0.468. The van der Waals surface area contributed by atoms with Crippen LogP contribution in [-0.2, 0) is 0 Å². The van der Waals surface area contributed by atoms with Crippen molar-refractivity contribution in [1.29, 1.82) is 0 Å². The Labute approximate surface area is 35.1 Å². The fourth-order valence-corrected chi connectivity index (χ4v) is 0. The van der Waals surface area contributed by atoms with Gasteiger partial charge in [0.2, 0.25) is 0 Å². The monoisotopic (exact) mass is 78.1 g/mol. The highest BCUT2D eigenvalue weighted by Crippen LogP contribution is 1.59. The molecule has 0 radical (unpaired) electrons. The Hall–Kier alpha value is -0.0800. The van der Waals surface area contributed by atoms with Crippen LogP contribution in [0.4, 0.5) is 0 Å². The highest BCUT2D eigenvalue weighted by Gasteiger charge is 1.79. The SMILES string of the molecule is [3H]NCC(C)N[3H]. The molecule has 0 aromatic rings. The van der Waals surface area contributed by atoms with Gasteiger partial charge in [-0.1, -0.05) is 0 Å². The lowest BCUT2D eigenvalue weighted by molar-refractivity contribution is 0.752. The molecule has 0 aliphatic heterocycles. The Kier molecular flexibility index (Phi) is 0.938. The number of hydrogen-bond acceptors (Lipinski definition) is 2. The van der Waals surface area contributed by atoms with Gasteiger partial charge in [0, 0.05) is 12.6 Å². The second-order valence-corrected chi connectivity index (χ2v) is 1.11. The largest absolute Gasteiger partial charge is 0.329 e. The van der Waals surface area contributed by atoms with Gasteiger partial charge in [0.25, 0.3) is 0 Å². The maximum atomic E-state index is 6.54. The van der Waals surface area contributed by atoms with Crippen LogP contribution in [0.15, 0.2) is 0 Å². The summed E-state index contributed by atoms with van der Waals surface area (Å²) in [6.07, 6.45) is 0. The summed E-state index contributed by atoms with van der Waals surface area (Å²) in [5.74, 6) is 0. The lowest BCUT2D eigenvalue weighted by Gasteiger charge is -1.92. The van der Waals surface area contributed by atoms with Crippen LogP contribution >= 0.6 is 0 Å². The van der Waals surface area contributed by atoms with Crippen molar-refractivity contribution in [3.63, 3.8) is 0 Å². The van der Waals surface area contributed by atoms with Crippen LogP contribution in [0.3, 0.4) is 0 Å². The molecule has 1 unspecified atom stereocenters. The minimum Gasteiger partial charge on any atom is -0.329 e. The van der Waals surface area contributed by atoms with Crippen molar-refractivity contribution in [2.75, 3.05) is 6.54 Å². The van der Waals surface area contributed by atoms with Crippen molar-refractivity contribution in [3.05, 3.63) is 0 Å². The molecular formula is C3H10N2. The van der Waals surface area contributed by atoms with E-state index in [1.165, 1.54) is 0 Å². The molecule has 2 nitrogen and oxygen atoms in total. The van der Waals surface area contributed by atoms with Crippen molar-refractivity contribution in [2.24, 2.45) is 11.5 Å². The van der Waals surface area contributed by atoms with E-state index in [0.717, 1.165) is 0 Å². The van der Waals surface area contributed by atoms with E-state index in [0.29, 0.717) is 6.54 Å². The predicted octanol–water partition coefficient (Wildman–Crippen LogP) is -0.708. The molecular weight excluding hydrogens is 64.0 g/mol. The van der Waals surface area contributed by atoms with Gasteiger partial charge < -0.3 is 11.5 Å². The molecule has 0 bridgehead atoms. The topological polar surface area (TPSA) is 52.0 Å². The van der Waals surface area contributed by atoms with E-state index in [1.54, 1.807) is 0 Å². The van der Waals surface area contributed by atoms with E-state index in [2.05, 4.69) is 11.5 Å². The van der Waals surface area contributed by atoms with Gasteiger partial charge in [0.1, 0.15) is 2.82 Å². The fourth-order valence-electron chi connectivity index (χ4n) is 0. The normalized spacial score (nSPS) is 20.2. The molecule has 0 aliphatic carbocycles. The molecule has 0 heterocycles. The summed E-state index contributed by atoms with van der Waals surface area (Å²) in [5.41, 5.74) is 4.42. The van der Waals surface area contributed by atoms with Crippen LogP contribution in [0, 0.1) is 0 Å². The molecule has 0 fully saturated rings. The minimum absolute atomic E-state index is 0.0671. The Balaban J connectivity index is 2.83. The van der Waals surface area contributed by atoms with E-state index in [1.807, 2.05) is 6.92 Å². The number of rotatable bonds is 3. The zero-order valence-electron chi connectivity index (χ0n) is 5.28. The van der Waals surface area contributed by atoms with E-state index in [9.17, 15) is 0 Å². The van der Waals surface area contributed by atoms with Gasteiger partial charge >= 0.3 is 0 Å². The summed E-state index contributed by atoms with van der Waals surface area (Å²) in [7, 11) is 0. The van der Waals surface area contributed by atoms with E-state index in [-0.39, 0.29) is 6.04 Å². The molecule has 0 spiro atoms. The molecule has 0 aliphatic rings. The summed E-state index contributed by atoms with van der Waals surface area (Å²) < 4.78 is 13.0. The minimum atomic E-state index is 0.0671. The van der Waals surface area contributed by atoms with E-state index in [4.69, 9.17) is 2.82 Å². The Morgan fingerprint density at radius 2 is 3.00 bits per heavy atom. The number of hydrogen-bond donors (Lipinski definition) is 2. The predicted molar refractivity (Wildman–Crippen MR) is 22.7 cm³/mol. The van der Waals surface area contributed by atoms with Gasteiger partial charge in [0.15, 0.2) is 0 Å². The van der Waals surface area contributed by atoms with Gasteiger partial charge in [0.05, 0.1) is 0 Å². The summed E-state index contributed by atoms with van der Waals surface area (Å²) >= 11 is 0. The molecule has 0 amide bonds. The van der Waals surface area contributed by atoms with Crippen LogP contribution in [0.2, 0.25) is 2.82 Å². The van der Waals surface area contributed by atoms with Gasteiger partial charge in [-0.15, -0.1) is 0 Å². The van der Waals surface area contributed by atoms with Gasteiger partial charge in [-0.25, -0.2) is 0 Å². The van der Waals surface area contributed by atoms with Crippen molar-refractivity contribution < 1.29 is 2.82 Å². The smallest absolute Gasteiger partial charge is 0.119 e. The molecule has 0 aromatic heterocycles. The van der Waals surface area contributed by atoms with Crippen molar-refractivity contribution in [2.45, 2.75) is 13.0 Å². The fraction of sp³-hybridized carbons (Fsp3) is 1.00. The molecule has 0 rings (SSSR count). The molecule has 5 heavy (non-hydrogen) atoms. The first-order valence-electron chi connectivity index (χ1n) is 2.63. The molecule has 0 aromatic carbocycles. The molecule has 1 atom stereocenters. The zero-order chi connectivity index (χ0) is 5.70. The highest BCUT2D eigenvalue weighted by molar-refractivity contribution is 4.48.